The molecule has 10 heteroatoms. The Balaban J connectivity index is 1.57. The normalized spacial score (nSPS) is 12.4. The van der Waals surface area contributed by atoms with E-state index in [0.717, 1.165) is 15.4 Å². The molecule has 8 nitrogen and oxygen atoms in total. The summed E-state index contributed by atoms with van der Waals surface area (Å²) in [4.78, 5) is 29.9. The van der Waals surface area contributed by atoms with Gasteiger partial charge in [0.1, 0.15) is 29.9 Å². The van der Waals surface area contributed by atoms with Gasteiger partial charge in [-0.1, -0.05) is 91.3 Å². The van der Waals surface area contributed by atoms with Crippen molar-refractivity contribution in [3.8, 4) is 11.5 Å². The summed E-state index contributed by atoms with van der Waals surface area (Å²) >= 11 is 0. The maximum atomic E-state index is 15.2. The Bertz CT molecular complexity index is 2010. The first kappa shape index (κ1) is 36.8. The number of carbonyl (C=O) groups excluding carboxylic acids is 2. The average Bonchev–Trinajstić information content (AvgIpc) is 3.14. The van der Waals surface area contributed by atoms with Gasteiger partial charge in [-0.25, -0.2) is 12.8 Å². The van der Waals surface area contributed by atoms with Crippen molar-refractivity contribution >= 4 is 27.5 Å². The van der Waals surface area contributed by atoms with Gasteiger partial charge in [0.2, 0.25) is 11.8 Å². The van der Waals surface area contributed by atoms with Crippen LogP contribution < -0.4 is 14.4 Å². The van der Waals surface area contributed by atoms with E-state index in [1.807, 2.05) is 69.3 Å². The fraction of sp³-hybridized carbons (Fsp3) is 0.220. The van der Waals surface area contributed by atoms with E-state index in [4.69, 9.17) is 4.74 Å². The third kappa shape index (κ3) is 9.61. The number of hydrogen-bond donors (Lipinski definition) is 1. The van der Waals surface area contributed by atoms with Crippen molar-refractivity contribution in [2.24, 2.45) is 0 Å². The fourth-order valence-electron chi connectivity index (χ4n) is 5.48. The van der Waals surface area contributed by atoms with E-state index in [0.29, 0.717) is 17.9 Å². The molecule has 2 amide bonds. The summed E-state index contributed by atoms with van der Waals surface area (Å²) in [6, 6.07) is 35.9. The highest BCUT2D eigenvalue weighted by molar-refractivity contribution is 7.92. The zero-order chi connectivity index (χ0) is 36.4. The van der Waals surface area contributed by atoms with Crippen LogP contribution in [0.4, 0.5) is 10.1 Å². The summed E-state index contributed by atoms with van der Waals surface area (Å²) in [6.07, 6.45) is 0.775. The van der Waals surface area contributed by atoms with E-state index >= 15 is 4.39 Å². The second-order valence-corrected chi connectivity index (χ2v) is 14.2. The summed E-state index contributed by atoms with van der Waals surface area (Å²) in [5, 5.41) is 2.99. The fourth-order valence-corrected chi connectivity index (χ4v) is 6.89. The van der Waals surface area contributed by atoms with Crippen LogP contribution in [0.15, 0.2) is 138 Å². The highest BCUT2D eigenvalue weighted by Crippen LogP contribution is 2.29. The molecule has 0 saturated heterocycles. The minimum atomic E-state index is -4.31. The number of para-hydroxylation sites is 1. The second kappa shape index (κ2) is 17.0. The molecule has 0 unspecified atom stereocenters. The van der Waals surface area contributed by atoms with Crippen LogP contribution in [-0.4, -0.2) is 43.8 Å². The number of anilines is 1. The Hall–Kier alpha value is -5.48. The lowest BCUT2D eigenvalue weighted by Gasteiger charge is -2.34. The van der Waals surface area contributed by atoms with Gasteiger partial charge in [-0.3, -0.25) is 13.9 Å². The number of nitrogens with zero attached hydrogens (tertiary/aromatic N) is 2. The van der Waals surface area contributed by atoms with Crippen molar-refractivity contribution in [3.05, 3.63) is 156 Å². The molecule has 5 rings (SSSR count). The maximum absolute atomic E-state index is 15.2. The lowest BCUT2D eigenvalue weighted by molar-refractivity contribution is -0.140. The molecule has 0 aromatic heterocycles. The first-order valence-corrected chi connectivity index (χ1v) is 18.3. The average molecular weight is 708 g/mol. The van der Waals surface area contributed by atoms with Gasteiger partial charge in [-0.05, 0) is 80.4 Å². The van der Waals surface area contributed by atoms with Crippen molar-refractivity contribution in [2.75, 3.05) is 10.8 Å². The highest BCUT2D eigenvalue weighted by Gasteiger charge is 2.35. The smallest absolute Gasteiger partial charge is 0.264 e. The minimum absolute atomic E-state index is 0.0125. The number of rotatable bonds is 15. The molecule has 0 spiro atoms. The molecule has 2 atom stereocenters. The van der Waals surface area contributed by atoms with Gasteiger partial charge in [-0.2, -0.15) is 0 Å². The first-order valence-electron chi connectivity index (χ1n) is 16.8. The van der Waals surface area contributed by atoms with E-state index in [9.17, 15) is 18.0 Å². The van der Waals surface area contributed by atoms with Gasteiger partial charge >= 0.3 is 0 Å². The number of aryl methyl sites for hydroxylation is 1. The number of halogens is 1. The molecule has 0 bridgehead atoms. The molecular formula is C41H42FN3O5S. The lowest BCUT2D eigenvalue weighted by Crippen LogP contribution is -2.54. The van der Waals surface area contributed by atoms with Crippen LogP contribution in [0.1, 0.15) is 37.0 Å². The molecule has 0 heterocycles. The molecule has 5 aromatic carbocycles. The number of carbonyl (C=O) groups is 2. The predicted molar refractivity (Wildman–Crippen MR) is 197 cm³/mol. The van der Waals surface area contributed by atoms with Crippen LogP contribution in [-0.2, 0) is 32.6 Å². The topological polar surface area (TPSA) is 96.0 Å². The molecule has 5 aromatic rings. The zero-order valence-electron chi connectivity index (χ0n) is 28.9. The largest absolute Gasteiger partial charge is 0.457 e. The van der Waals surface area contributed by atoms with Crippen LogP contribution in [0.2, 0.25) is 0 Å². The third-order valence-electron chi connectivity index (χ3n) is 8.56. The third-order valence-corrected chi connectivity index (χ3v) is 10.4. The van der Waals surface area contributed by atoms with Crippen molar-refractivity contribution in [2.45, 2.75) is 57.1 Å². The van der Waals surface area contributed by atoms with Gasteiger partial charge in [0.15, 0.2) is 0 Å². The van der Waals surface area contributed by atoms with Crippen molar-refractivity contribution in [1.82, 2.24) is 10.2 Å². The Morgan fingerprint density at radius 2 is 1.37 bits per heavy atom. The molecule has 0 saturated carbocycles. The SMILES string of the molecule is CC[C@@H](C)NC(=O)[C@@H](Cc1ccccc1)N(Cc1ccccc1F)C(=O)CN(c1ccc(Oc2ccccc2)cc1)S(=O)(=O)c1ccc(C)cc1. The molecule has 0 radical (unpaired) electrons. The molecule has 1 N–H and O–H groups in total. The van der Waals surface area contributed by atoms with Crippen LogP contribution in [0.3, 0.4) is 0 Å². The van der Waals surface area contributed by atoms with Crippen LogP contribution >= 0.6 is 0 Å². The maximum Gasteiger partial charge on any atom is 0.264 e. The summed E-state index contributed by atoms with van der Waals surface area (Å²) < 4.78 is 50.8. The molecule has 0 aliphatic heterocycles. The van der Waals surface area contributed by atoms with E-state index < -0.39 is 40.2 Å². The highest BCUT2D eigenvalue weighted by atomic mass is 32.2. The first-order chi connectivity index (χ1) is 24.5. The van der Waals surface area contributed by atoms with Gasteiger partial charge in [0.25, 0.3) is 10.0 Å². The quantitative estimate of drug-likeness (QED) is 0.121. The van der Waals surface area contributed by atoms with Crippen LogP contribution in [0, 0.1) is 12.7 Å². The number of ether oxygens (including phenoxy) is 1. The zero-order valence-corrected chi connectivity index (χ0v) is 29.7. The van der Waals surface area contributed by atoms with E-state index in [2.05, 4.69) is 5.32 Å². The molecular weight excluding hydrogens is 666 g/mol. The Morgan fingerprint density at radius 3 is 2.00 bits per heavy atom. The molecule has 0 aliphatic carbocycles. The Kier molecular flexibility index (Phi) is 12.2. The van der Waals surface area contributed by atoms with E-state index in [1.54, 1.807) is 66.7 Å². The van der Waals surface area contributed by atoms with Crippen molar-refractivity contribution < 1.29 is 27.1 Å². The van der Waals surface area contributed by atoms with E-state index in [1.165, 1.54) is 23.1 Å². The summed E-state index contributed by atoms with van der Waals surface area (Å²) in [5.41, 5.74) is 2.05. The Labute approximate surface area is 299 Å². The molecule has 0 aliphatic rings. The number of sulfonamides is 1. The molecule has 51 heavy (non-hydrogen) atoms. The summed E-state index contributed by atoms with van der Waals surface area (Å²) in [6.45, 7) is 4.72. The number of amides is 2. The van der Waals surface area contributed by atoms with E-state index in [-0.39, 0.29) is 35.2 Å². The number of nitrogens with one attached hydrogen (secondary N) is 1. The standard InChI is InChI=1S/C41H42FN3O5S/c1-4-31(3)43-41(47)39(27-32-13-7-5-8-14-32)44(28-33-15-11-12-18-38(33)42)40(46)29-45(51(48,49)37-25-19-30(2)20-26-37)34-21-23-36(24-22-34)50-35-16-9-6-10-17-35/h5-26,31,39H,4,27-29H2,1-3H3,(H,43,47)/t31-,39-/m1/s1. The lowest BCUT2D eigenvalue weighted by atomic mass is 10.0. The molecule has 264 valence electrons. The van der Waals surface area contributed by atoms with Crippen LogP contribution in [0.5, 0.6) is 11.5 Å². The molecule has 0 fully saturated rings. The minimum Gasteiger partial charge on any atom is -0.457 e. The van der Waals surface area contributed by atoms with Crippen LogP contribution in [0.25, 0.3) is 0 Å². The van der Waals surface area contributed by atoms with Crippen molar-refractivity contribution in [1.29, 1.82) is 0 Å². The Morgan fingerprint density at radius 1 is 0.784 bits per heavy atom. The summed E-state index contributed by atoms with van der Waals surface area (Å²) in [5.74, 6) is -0.579. The number of hydrogen-bond acceptors (Lipinski definition) is 5. The second-order valence-electron chi connectivity index (χ2n) is 12.4. The summed E-state index contributed by atoms with van der Waals surface area (Å²) in [7, 11) is -4.31. The van der Waals surface area contributed by atoms with Gasteiger partial charge in [0, 0.05) is 24.6 Å². The predicted octanol–water partition coefficient (Wildman–Crippen LogP) is 7.68. The van der Waals surface area contributed by atoms with Crippen molar-refractivity contribution in [3.63, 3.8) is 0 Å². The van der Waals surface area contributed by atoms with Gasteiger partial charge < -0.3 is 15.0 Å². The number of benzene rings is 5. The van der Waals surface area contributed by atoms with Gasteiger partial charge in [0.05, 0.1) is 10.6 Å². The monoisotopic (exact) mass is 707 g/mol. The van der Waals surface area contributed by atoms with Gasteiger partial charge in [-0.15, -0.1) is 0 Å².